The summed E-state index contributed by atoms with van der Waals surface area (Å²) in [5.74, 6) is 1.53. The third-order valence-electron chi connectivity index (χ3n) is 6.57. The van der Waals surface area contributed by atoms with Gasteiger partial charge in [-0.2, -0.15) is 15.0 Å². The Morgan fingerprint density at radius 1 is 1.07 bits per heavy atom. The van der Waals surface area contributed by atoms with Crippen LogP contribution in [-0.4, -0.2) is 23.0 Å². The van der Waals surface area contributed by atoms with Crippen LogP contribution in [0.5, 0.6) is 11.5 Å². The van der Waals surface area contributed by atoms with E-state index in [9.17, 15) is 10.1 Å². The van der Waals surface area contributed by atoms with Crippen molar-refractivity contribution < 1.29 is 13.9 Å². The highest BCUT2D eigenvalue weighted by Gasteiger charge is 2.17. The number of rotatable bonds is 7. The van der Waals surface area contributed by atoms with Crippen molar-refractivity contribution in [3.63, 3.8) is 0 Å². The van der Waals surface area contributed by atoms with Crippen LogP contribution in [0.4, 0.5) is 0 Å². The number of hydrogen-bond donors (Lipinski definition) is 0. The first-order valence-electron chi connectivity index (χ1n) is 12.7. The van der Waals surface area contributed by atoms with E-state index in [1.807, 2.05) is 18.2 Å². The summed E-state index contributed by atoms with van der Waals surface area (Å²) in [6, 6.07) is 27.0. The molecule has 2 heterocycles. The number of nitrogens with zero attached hydrogens (tertiary/aromatic N) is 4. The number of ether oxygens (including phenoxy) is 2. The Labute approximate surface area is 253 Å². The molecule has 8 nitrogen and oxygen atoms in total. The van der Waals surface area contributed by atoms with Gasteiger partial charge in [0, 0.05) is 26.0 Å². The summed E-state index contributed by atoms with van der Waals surface area (Å²) >= 11 is 9.75. The SMILES string of the molecule is COc1cc(C=Nn2c(-c3cc4cc(Cl)ccc4o3)nc3ccccc3c2=O)c(Br)cc1OCc1ccccc1C#N. The van der Waals surface area contributed by atoms with Crippen molar-refractivity contribution in [2.45, 2.75) is 6.61 Å². The van der Waals surface area contributed by atoms with Gasteiger partial charge in [-0.15, -0.1) is 0 Å². The summed E-state index contributed by atoms with van der Waals surface area (Å²) in [7, 11) is 1.53. The average molecular weight is 640 g/mol. The maximum Gasteiger partial charge on any atom is 0.282 e. The van der Waals surface area contributed by atoms with Crippen LogP contribution in [0.1, 0.15) is 16.7 Å². The highest BCUT2D eigenvalue weighted by atomic mass is 79.9. The lowest BCUT2D eigenvalue weighted by atomic mass is 10.1. The Kier molecular flexibility index (Phi) is 7.48. The smallest absolute Gasteiger partial charge is 0.282 e. The lowest BCUT2D eigenvalue weighted by Gasteiger charge is -2.13. The van der Waals surface area contributed by atoms with E-state index in [0.29, 0.717) is 54.4 Å². The molecule has 0 unspecified atom stereocenters. The van der Waals surface area contributed by atoms with Crippen molar-refractivity contribution in [1.29, 1.82) is 5.26 Å². The monoisotopic (exact) mass is 638 g/mol. The summed E-state index contributed by atoms with van der Waals surface area (Å²) in [5, 5.41) is 15.7. The van der Waals surface area contributed by atoms with Crippen molar-refractivity contribution in [1.82, 2.24) is 9.66 Å². The van der Waals surface area contributed by atoms with Crippen molar-refractivity contribution >= 4 is 55.6 Å². The van der Waals surface area contributed by atoms with Gasteiger partial charge in [-0.3, -0.25) is 4.79 Å². The fourth-order valence-corrected chi connectivity index (χ4v) is 5.07. The molecule has 0 atom stereocenters. The van der Waals surface area contributed by atoms with Gasteiger partial charge in [0.2, 0.25) is 5.82 Å². The molecule has 2 aromatic heterocycles. The Hall–Kier alpha value is -4.91. The molecule has 0 fully saturated rings. The Bertz CT molecular complexity index is 2110. The summed E-state index contributed by atoms with van der Waals surface area (Å²) < 4.78 is 19.5. The van der Waals surface area contributed by atoms with E-state index >= 15 is 0 Å². The van der Waals surface area contributed by atoms with E-state index in [4.69, 9.17) is 30.5 Å². The van der Waals surface area contributed by atoms with Gasteiger partial charge in [0.25, 0.3) is 5.56 Å². The second-order valence-corrected chi connectivity index (χ2v) is 10.5. The molecule has 6 aromatic rings. The normalized spacial score (nSPS) is 11.3. The first-order chi connectivity index (χ1) is 20.4. The second-order valence-electron chi connectivity index (χ2n) is 9.19. The first kappa shape index (κ1) is 27.3. The maximum atomic E-state index is 13.6. The first-order valence-corrected chi connectivity index (χ1v) is 13.9. The van der Waals surface area contributed by atoms with Crippen molar-refractivity contribution in [3.05, 3.63) is 121 Å². The van der Waals surface area contributed by atoms with Gasteiger partial charge in [-0.05, 0) is 70.5 Å². The molecule has 0 saturated heterocycles. The van der Waals surface area contributed by atoms with Crippen LogP contribution in [0.2, 0.25) is 5.02 Å². The standard InChI is InChI=1S/C32H20BrClN4O4/c1-40-28-14-22(25(33)15-29(28)41-18-20-7-3-2-6-19(20)16-35)17-36-38-31(37-26-9-5-4-8-24(26)32(38)39)30-13-21-12-23(34)10-11-27(21)42-30/h2-15,17H,18H2,1H3. The molecule has 0 bridgehead atoms. The topological polar surface area (TPSA) is 103 Å². The van der Waals surface area contributed by atoms with Gasteiger partial charge < -0.3 is 13.9 Å². The molecule has 0 spiro atoms. The summed E-state index contributed by atoms with van der Waals surface area (Å²) in [5.41, 5.74) is 2.69. The molecule has 0 aliphatic carbocycles. The molecule has 6 rings (SSSR count). The van der Waals surface area contributed by atoms with E-state index in [0.717, 1.165) is 10.9 Å². The quantitative estimate of drug-likeness (QED) is 0.167. The van der Waals surface area contributed by atoms with Gasteiger partial charge in [0.05, 0.1) is 35.9 Å². The molecule has 10 heteroatoms. The highest BCUT2D eigenvalue weighted by Crippen LogP contribution is 2.34. The van der Waals surface area contributed by atoms with Crippen LogP contribution in [0.15, 0.2) is 104 Å². The number of hydrogen-bond acceptors (Lipinski definition) is 7. The van der Waals surface area contributed by atoms with Gasteiger partial charge in [0.1, 0.15) is 12.2 Å². The number of furan rings is 1. The third kappa shape index (κ3) is 5.26. The lowest BCUT2D eigenvalue weighted by molar-refractivity contribution is 0.284. The number of para-hydroxylation sites is 1. The van der Waals surface area contributed by atoms with E-state index < -0.39 is 0 Å². The molecule has 42 heavy (non-hydrogen) atoms. The molecule has 0 aliphatic heterocycles. The molecule has 206 valence electrons. The number of methoxy groups -OCH3 is 1. The summed E-state index contributed by atoms with van der Waals surface area (Å²) in [6.07, 6.45) is 1.53. The fourth-order valence-electron chi connectivity index (χ4n) is 4.47. The van der Waals surface area contributed by atoms with E-state index in [1.54, 1.807) is 66.7 Å². The molecule has 0 amide bonds. The van der Waals surface area contributed by atoms with Crippen molar-refractivity contribution in [2.24, 2.45) is 5.10 Å². The fraction of sp³-hybridized carbons (Fsp3) is 0.0625. The zero-order chi connectivity index (χ0) is 29.2. The number of nitriles is 1. The minimum atomic E-state index is -0.357. The number of aromatic nitrogens is 2. The van der Waals surface area contributed by atoms with Gasteiger partial charge in [-0.1, -0.05) is 41.9 Å². The van der Waals surface area contributed by atoms with Crippen LogP contribution >= 0.6 is 27.5 Å². The van der Waals surface area contributed by atoms with Crippen molar-refractivity contribution in [3.8, 4) is 29.2 Å². The van der Waals surface area contributed by atoms with Crippen LogP contribution in [0.3, 0.4) is 0 Å². The van der Waals surface area contributed by atoms with Gasteiger partial charge >= 0.3 is 0 Å². The van der Waals surface area contributed by atoms with Crippen LogP contribution < -0.4 is 15.0 Å². The van der Waals surface area contributed by atoms with Crippen LogP contribution in [0.25, 0.3) is 33.5 Å². The molecule has 0 N–H and O–H groups in total. The minimum Gasteiger partial charge on any atom is -0.493 e. The number of halogens is 2. The predicted octanol–water partition coefficient (Wildman–Crippen LogP) is 7.57. The Morgan fingerprint density at radius 2 is 1.88 bits per heavy atom. The predicted molar refractivity (Wildman–Crippen MR) is 165 cm³/mol. The molecule has 0 radical (unpaired) electrons. The number of fused-ring (bicyclic) bond motifs is 2. The summed E-state index contributed by atoms with van der Waals surface area (Å²) in [4.78, 5) is 18.3. The molecule has 4 aromatic carbocycles. The van der Waals surface area contributed by atoms with Crippen molar-refractivity contribution in [2.75, 3.05) is 7.11 Å². The van der Waals surface area contributed by atoms with Crippen LogP contribution in [-0.2, 0) is 6.61 Å². The molecular formula is C32H20BrClN4O4. The van der Waals surface area contributed by atoms with Crippen LogP contribution in [0, 0.1) is 11.3 Å². The number of benzene rings is 4. The average Bonchev–Trinajstić information content (AvgIpc) is 3.43. The maximum absolute atomic E-state index is 13.6. The van der Waals surface area contributed by atoms with Gasteiger partial charge in [0.15, 0.2) is 17.3 Å². The molecular weight excluding hydrogens is 620 g/mol. The zero-order valence-electron chi connectivity index (χ0n) is 22.0. The largest absolute Gasteiger partial charge is 0.493 e. The highest BCUT2D eigenvalue weighted by molar-refractivity contribution is 9.10. The van der Waals surface area contributed by atoms with E-state index in [2.05, 4.69) is 27.1 Å². The zero-order valence-corrected chi connectivity index (χ0v) is 24.4. The summed E-state index contributed by atoms with van der Waals surface area (Å²) in [6.45, 7) is 0.185. The molecule has 0 aliphatic rings. The second kappa shape index (κ2) is 11.5. The lowest BCUT2D eigenvalue weighted by Crippen LogP contribution is -2.20. The minimum absolute atomic E-state index is 0.185. The van der Waals surface area contributed by atoms with Gasteiger partial charge in [-0.25, -0.2) is 4.98 Å². The van der Waals surface area contributed by atoms with E-state index in [-0.39, 0.29) is 18.0 Å². The Balaban J connectivity index is 1.40. The molecule has 0 saturated carbocycles. The van der Waals surface area contributed by atoms with E-state index in [1.165, 1.54) is 18.0 Å². The third-order valence-corrected chi connectivity index (χ3v) is 7.49. The Morgan fingerprint density at radius 3 is 2.71 bits per heavy atom.